The van der Waals surface area contributed by atoms with Crippen molar-refractivity contribution < 1.29 is 0 Å². The normalized spacial score (nSPS) is 15.3. The lowest BCUT2D eigenvalue weighted by Crippen LogP contribution is -2.47. The molecule has 0 aliphatic carbocycles. The fraction of sp³-hybridized carbons (Fsp3) is 0.267. The minimum Gasteiger partial charge on any atom is -0.353 e. The van der Waals surface area contributed by atoms with Gasteiger partial charge in [0.05, 0.1) is 11.7 Å². The second-order valence-corrected chi connectivity index (χ2v) is 5.13. The summed E-state index contributed by atoms with van der Waals surface area (Å²) in [6.45, 7) is 3.62. The molecule has 3 aromatic rings. The van der Waals surface area contributed by atoms with Crippen LogP contribution in [0.3, 0.4) is 0 Å². The summed E-state index contributed by atoms with van der Waals surface area (Å²) >= 11 is 0. The molecule has 3 aromatic heterocycles. The van der Waals surface area contributed by atoms with Crippen molar-refractivity contribution in [3.05, 3.63) is 43.4 Å². The number of rotatable bonds is 2. The Morgan fingerprint density at radius 3 is 2.41 bits per heavy atom. The topological polar surface area (TPSA) is 70.9 Å². The summed E-state index contributed by atoms with van der Waals surface area (Å²) in [5.74, 6) is 1.96. The molecule has 0 amide bonds. The Labute approximate surface area is 127 Å². The molecule has 4 heterocycles. The maximum absolute atomic E-state index is 4.47. The number of anilines is 2. The van der Waals surface area contributed by atoms with Gasteiger partial charge in [-0.1, -0.05) is 0 Å². The second-order valence-electron chi connectivity index (χ2n) is 5.13. The molecular formula is C15H15N7. The predicted octanol–water partition coefficient (Wildman–Crippen LogP) is 1.14. The first-order valence-electron chi connectivity index (χ1n) is 7.22. The summed E-state index contributed by atoms with van der Waals surface area (Å²) in [6, 6.07) is 3.92. The van der Waals surface area contributed by atoms with Crippen molar-refractivity contribution in [1.82, 2.24) is 24.9 Å². The molecule has 7 heteroatoms. The van der Waals surface area contributed by atoms with Crippen molar-refractivity contribution in [2.24, 2.45) is 0 Å². The van der Waals surface area contributed by atoms with E-state index in [1.54, 1.807) is 31.2 Å². The van der Waals surface area contributed by atoms with Crippen molar-refractivity contribution in [2.75, 3.05) is 36.0 Å². The van der Waals surface area contributed by atoms with Crippen LogP contribution in [0.1, 0.15) is 0 Å². The molecule has 1 aliphatic rings. The average Bonchev–Trinajstić information content (AvgIpc) is 2.62. The van der Waals surface area contributed by atoms with E-state index in [1.807, 2.05) is 12.1 Å². The van der Waals surface area contributed by atoms with Crippen LogP contribution in [0.5, 0.6) is 0 Å². The smallest absolute Gasteiger partial charge is 0.140 e. The van der Waals surface area contributed by atoms with Gasteiger partial charge in [0.1, 0.15) is 24.3 Å². The number of fused-ring (bicyclic) bond motifs is 1. The van der Waals surface area contributed by atoms with Gasteiger partial charge in [0.15, 0.2) is 0 Å². The molecule has 0 aromatic carbocycles. The minimum absolute atomic E-state index is 0.880. The number of piperazine rings is 1. The van der Waals surface area contributed by atoms with Gasteiger partial charge in [-0.3, -0.25) is 4.98 Å². The molecule has 7 nitrogen and oxygen atoms in total. The van der Waals surface area contributed by atoms with E-state index in [1.165, 1.54) is 0 Å². The van der Waals surface area contributed by atoms with Crippen LogP contribution in [0.4, 0.5) is 11.6 Å². The van der Waals surface area contributed by atoms with Crippen molar-refractivity contribution in [2.45, 2.75) is 0 Å². The van der Waals surface area contributed by atoms with Crippen LogP contribution in [-0.4, -0.2) is 51.1 Å². The highest BCUT2D eigenvalue weighted by atomic mass is 15.3. The molecule has 22 heavy (non-hydrogen) atoms. The standard InChI is InChI=1S/C15H15N7/c1-3-16-9-13-12(1)15(20-11-18-13)22-7-5-21(6-8-22)14-2-4-17-10-19-14/h1-4,9-11H,5-8H2. The molecule has 0 atom stereocenters. The minimum atomic E-state index is 0.880. The summed E-state index contributed by atoms with van der Waals surface area (Å²) in [4.78, 5) is 25.7. The van der Waals surface area contributed by atoms with E-state index in [9.17, 15) is 0 Å². The van der Waals surface area contributed by atoms with E-state index in [0.717, 1.165) is 48.7 Å². The third-order valence-corrected chi connectivity index (χ3v) is 3.89. The Bertz CT molecular complexity index is 764. The molecule has 110 valence electrons. The molecule has 0 saturated carbocycles. The van der Waals surface area contributed by atoms with Gasteiger partial charge in [0, 0.05) is 44.0 Å². The first-order chi connectivity index (χ1) is 10.9. The Balaban J connectivity index is 1.56. The molecule has 4 rings (SSSR count). The summed E-state index contributed by atoms with van der Waals surface area (Å²) in [7, 11) is 0. The molecule has 0 bridgehead atoms. The number of hydrogen-bond acceptors (Lipinski definition) is 7. The van der Waals surface area contributed by atoms with Gasteiger partial charge in [0.2, 0.25) is 0 Å². The average molecular weight is 293 g/mol. The lowest BCUT2D eigenvalue weighted by atomic mass is 10.2. The summed E-state index contributed by atoms with van der Waals surface area (Å²) in [6.07, 6.45) is 8.53. The first kappa shape index (κ1) is 12.9. The van der Waals surface area contributed by atoms with E-state index in [-0.39, 0.29) is 0 Å². The van der Waals surface area contributed by atoms with E-state index < -0.39 is 0 Å². The predicted molar refractivity (Wildman–Crippen MR) is 83.8 cm³/mol. The Morgan fingerprint density at radius 2 is 1.59 bits per heavy atom. The maximum Gasteiger partial charge on any atom is 0.140 e. The lowest BCUT2D eigenvalue weighted by molar-refractivity contribution is 0.642. The van der Waals surface area contributed by atoms with Gasteiger partial charge >= 0.3 is 0 Å². The summed E-state index contributed by atoms with van der Waals surface area (Å²) < 4.78 is 0. The number of hydrogen-bond donors (Lipinski definition) is 0. The monoisotopic (exact) mass is 293 g/mol. The van der Waals surface area contributed by atoms with Crippen LogP contribution < -0.4 is 9.80 Å². The molecule has 1 saturated heterocycles. The van der Waals surface area contributed by atoms with Crippen LogP contribution >= 0.6 is 0 Å². The highest BCUT2D eigenvalue weighted by Gasteiger charge is 2.20. The fourth-order valence-electron chi connectivity index (χ4n) is 2.76. The lowest BCUT2D eigenvalue weighted by Gasteiger charge is -2.36. The van der Waals surface area contributed by atoms with Crippen LogP contribution in [0.25, 0.3) is 10.9 Å². The molecule has 1 fully saturated rings. The Hall–Kier alpha value is -2.83. The summed E-state index contributed by atoms with van der Waals surface area (Å²) in [5, 5.41) is 1.05. The summed E-state index contributed by atoms with van der Waals surface area (Å²) in [5.41, 5.74) is 0.880. The highest BCUT2D eigenvalue weighted by molar-refractivity contribution is 5.88. The molecule has 0 unspecified atom stereocenters. The van der Waals surface area contributed by atoms with Crippen LogP contribution in [0.15, 0.2) is 43.4 Å². The van der Waals surface area contributed by atoms with E-state index in [4.69, 9.17) is 0 Å². The maximum atomic E-state index is 4.47. The zero-order chi connectivity index (χ0) is 14.8. The van der Waals surface area contributed by atoms with Crippen molar-refractivity contribution >= 4 is 22.5 Å². The highest BCUT2D eigenvalue weighted by Crippen LogP contribution is 2.23. The zero-order valence-electron chi connectivity index (χ0n) is 12.0. The quantitative estimate of drug-likeness (QED) is 0.701. The van der Waals surface area contributed by atoms with Gasteiger partial charge in [-0.2, -0.15) is 0 Å². The number of aromatic nitrogens is 5. The Morgan fingerprint density at radius 1 is 0.773 bits per heavy atom. The molecular weight excluding hydrogens is 278 g/mol. The number of pyridine rings is 1. The van der Waals surface area contributed by atoms with Crippen LogP contribution in [0, 0.1) is 0 Å². The Kier molecular flexibility index (Phi) is 3.23. The van der Waals surface area contributed by atoms with Crippen LogP contribution in [0.2, 0.25) is 0 Å². The van der Waals surface area contributed by atoms with Crippen molar-refractivity contribution in [3.8, 4) is 0 Å². The van der Waals surface area contributed by atoms with E-state index in [2.05, 4.69) is 34.7 Å². The first-order valence-corrected chi connectivity index (χ1v) is 7.22. The van der Waals surface area contributed by atoms with E-state index in [0.29, 0.717) is 0 Å². The van der Waals surface area contributed by atoms with Gasteiger partial charge in [-0.15, -0.1) is 0 Å². The largest absolute Gasteiger partial charge is 0.353 e. The SMILES string of the molecule is c1cc(N2CCN(c3ncnc4cnccc34)CC2)ncn1. The van der Waals surface area contributed by atoms with Crippen molar-refractivity contribution in [1.29, 1.82) is 0 Å². The molecule has 0 spiro atoms. The van der Waals surface area contributed by atoms with Gasteiger partial charge in [-0.25, -0.2) is 19.9 Å². The fourth-order valence-corrected chi connectivity index (χ4v) is 2.76. The molecule has 0 N–H and O–H groups in total. The van der Waals surface area contributed by atoms with E-state index >= 15 is 0 Å². The molecule has 1 aliphatic heterocycles. The second kappa shape index (κ2) is 5.51. The van der Waals surface area contributed by atoms with Gasteiger partial charge in [-0.05, 0) is 12.1 Å². The zero-order valence-corrected chi connectivity index (χ0v) is 12.0. The third kappa shape index (κ3) is 2.30. The van der Waals surface area contributed by atoms with Gasteiger partial charge in [0.25, 0.3) is 0 Å². The van der Waals surface area contributed by atoms with Gasteiger partial charge < -0.3 is 9.80 Å². The van der Waals surface area contributed by atoms with Crippen LogP contribution in [-0.2, 0) is 0 Å². The number of nitrogens with zero attached hydrogens (tertiary/aromatic N) is 7. The molecule has 0 radical (unpaired) electrons. The third-order valence-electron chi connectivity index (χ3n) is 3.89. The van der Waals surface area contributed by atoms with Crippen molar-refractivity contribution in [3.63, 3.8) is 0 Å².